The summed E-state index contributed by atoms with van der Waals surface area (Å²) in [5.74, 6) is -2.90. The van der Waals surface area contributed by atoms with Crippen LogP contribution in [0.5, 0.6) is 0 Å². The van der Waals surface area contributed by atoms with E-state index >= 15 is 0 Å². The molecule has 27 heavy (non-hydrogen) atoms. The van der Waals surface area contributed by atoms with Gasteiger partial charge < -0.3 is 10.2 Å². The van der Waals surface area contributed by atoms with Crippen LogP contribution >= 0.6 is 0 Å². The number of hydrogen-bond donors (Lipinski definition) is 1. The number of carbonyl (C=O) groups excluding carboxylic acids is 2. The Morgan fingerprint density at radius 2 is 1.89 bits per heavy atom. The molecular formula is C18H17F2N3O4. The Bertz CT molecular complexity index is 873. The zero-order valence-corrected chi connectivity index (χ0v) is 14.4. The summed E-state index contributed by atoms with van der Waals surface area (Å²) in [6.07, 6.45) is -0.0777. The topological polar surface area (TPSA) is 92.5 Å². The molecule has 0 unspecified atom stereocenters. The quantitative estimate of drug-likeness (QED) is 0.593. The summed E-state index contributed by atoms with van der Waals surface area (Å²) in [5.41, 5.74) is -0.0230. The van der Waals surface area contributed by atoms with Crippen molar-refractivity contribution in [3.63, 3.8) is 0 Å². The van der Waals surface area contributed by atoms with E-state index in [-0.39, 0.29) is 36.7 Å². The molecule has 0 atom stereocenters. The Morgan fingerprint density at radius 1 is 1.19 bits per heavy atom. The number of halogens is 2. The van der Waals surface area contributed by atoms with Crippen LogP contribution in [0.25, 0.3) is 0 Å². The van der Waals surface area contributed by atoms with Crippen molar-refractivity contribution in [2.45, 2.75) is 13.0 Å². The second kappa shape index (κ2) is 8.84. The first-order chi connectivity index (χ1) is 12.8. The molecule has 0 saturated heterocycles. The number of nitrogens with one attached hydrogen (secondary N) is 1. The van der Waals surface area contributed by atoms with E-state index in [0.29, 0.717) is 11.6 Å². The maximum Gasteiger partial charge on any atom is 0.274 e. The van der Waals surface area contributed by atoms with Crippen molar-refractivity contribution in [1.29, 1.82) is 0 Å². The molecule has 2 aromatic carbocycles. The van der Waals surface area contributed by atoms with Crippen molar-refractivity contribution >= 4 is 17.5 Å². The van der Waals surface area contributed by atoms with Crippen LogP contribution in [0.4, 0.5) is 14.5 Å². The van der Waals surface area contributed by atoms with E-state index in [0.717, 1.165) is 12.1 Å². The molecule has 0 aromatic heterocycles. The lowest BCUT2D eigenvalue weighted by molar-refractivity contribution is -0.385. The van der Waals surface area contributed by atoms with Gasteiger partial charge in [0.05, 0.1) is 17.0 Å². The Kier molecular flexibility index (Phi) is 6.53. The van der Waals surface area contributed by atoms with Gasteiger partial charge in [-0.15, -0.1) is 0 Å². The number of hydrogen-bond acceptors (Lipinski definition) is 4. The molecule has 2 aromatic rings. The first-order valence-corrected chi connectivity index (χ1v) is 7.99. The Balaban J connectivity index is 1.88. The lowest BCUT2D eigenvalue weighted by Crippen LogP contribution is -2.32. The minimum absolute atomic E-state index is 0.0382. The van der Waals surface area contributed by atoms with Crippen molar-refractivity contribution in [1.82, 2.24) is 10.2 Å². The highest BCUT2D eigenvalue weighted by Gasteiger charge is 2.17. The molecule has 0 aliphatic heterocycles. The summed E-state index contributed by atoms with van der Waals surface area (Å²) in [6.45, 7) is -0.0216. The fourth-order valence-electron chi connectivity index (χ4n) is 2.41. The van der Waals surface area contributed by atoms with Crippen LogP contribution < -0.4 is 5.32 Å². The minimum Gasteiger partial charge on any atom is -0.351 e. The molecule has 2 rings (SSSR count). The maximum absolute atomic E-state index is 13.5. The van der Waals surface area contributed by atoms with Crippen LogP contribution in [-0.4, -0.2) is 35.2 Å². The zero-order chi connectivity index (χ0) is 20.0. The average molecular weight is 377 g/mol. The predicted octanol–water partition coefficient (Wildman–Crippen LogP) is 2.65. The van der Waals surface area contributed by atoms with Crippen LogP contribution in [0.3, 0.4) is 0 Å². The summed E-state index contributed by atoms with van der Waals surface area (Å²) in [5, 5.41) is 13.4. The third-order valence-corrected chi connectivity index (χ3v) is 3.82. The molecule has 0 heterocycles. The molecule has 0 aliphatic carbocycles. The molecule has 142 valence electrons. The van der Waals surface area contributed by atoms with Gasteiger partial charge in [0.25, 0.3) is 11.6 Å². The van der Waals surface area contributed by atoms with E-state index in [1.165, 1.54) is 24.1 Å². The summed E-state index contributed by atoms with van der Waals surface area (Å²) in [4.78, 5) is 35.8. The third kappa shape index (κ3) is 5.30. The van der Waals surface area contributed by atoms with Crippen LogP contribution in [0.1, 0.15) is 22.3 Å². The highest BCUT2D eigenvalue weighted by molar-refractivity contribution is 5.94. The SMILES string of the molecule is CN(Cc1ccccc1[N+](=O)[O-])C(=O)CCNC(=O)c1ccc(F)cc1F. The smallest absolute Gasteiger partial charge is 0.274 e. The molecule has 0 fully saturated rings. The van der Waals surface area contributed by atoms with Gasteiger partial charge in [-0.3, -0.25) is 19.7 Å². The standard InChI is InChI=1S/C18H17F2N3O4/c1-22(11-12-4-2-3-5-16(12)23(26)27)17(24)8-9-21-18(25)14-7-6-13(19)10-15(14)20/h2-7,10H,8-9,11H2,1H3,(H,21,25). The van der Waals surface area contributed by atoms with Gasteiger partial charge in [0.2, 0.25) is 5.91 Å². The lowest BCUT2D eigenvalue weighted by Gasteiger charge is -2.17. The number of nitrogens with zero attached hydrogens (tertiary/aromatic N) is 2. The number of benzene rings is 2. The van der Waals surface area contributed by atoms with Gasteiger partial charge in [0, 0.05) is 37.7 Å². The number of nitro benzene ring substituents is 1. The predicted molar refractivity (Wildman–Crippen MR) is 92.9 cm³/mol. The van der Waals surface area contributed by atoms with Crippen LogP contribution in [0.15, 0.2) is 42.5 Å². The van der Waals surface area contributed by atoms with Gasteiger partial charge in [-0.2, -0.15) is 0 Å². The molecule has 0 saturated carbocycles. The normalized spacial score (nSPS) is 10.3. The van der Waals surface area contributed by atoms with Gasteiger partial charge >= 0.3 is 0 Å². The zero-order valence-electron chi connectivity index (χ0n) is 14.4. The van der Waals surface area contributed by atoms with E-state index in [1.807, 2.05) is 0 Å². The van der Waals surface area contributed by atoms with Gasteiger partial charge in [-0.25, -0.2) is 8.78 Å². The Labute approximate surface area is 153 Å². The Morgan fingerprint density at radius 3 is 2.56 bits per heavy atom. The number of rotatable bonds is 7. The largest absolute Gasteiger partial charge is 0.351 e. The summed E-state index contributed by atoms with van der Waals surface area (Å²) in [6, 6.07) is 8.66. The monoisotopic (exact) mass is 377 g/mol. The number of nitro groups is 1. The fraction of sp³-hybridized carbons (Fsp3) is 0.222. The first-order valence-electron chi connectivity index (χ1n) is 7.99. The first kappa shape index (κ1) is 20.0. The van der Waals surface area contributed by atoms with E-state index in [2.05, 4.69) is 5.32 Å². The molecule has 0 radical (unpaired) electrons. The van der Waals surface area contributed by atoms with Crippen molar-refractivity contribution in [3.05, 3.63) is 75.3 Å². The summed E-state index contributed by atoms with van der Waals surface area (Å²) >= 11 is 0. The number of para-hydroxylation sites is 1. The van der Waals surface area contributed by atoms with Crippen molar-refractivity contribution < 1.29 is 23.3 Å². The van der Waals surface area contributed by atoms with Crippen molar-refractivity contribution in [2.75, 3.05) is 13.6 Å². The van der Waals surface area contributed by atoms with E-state index < -0.39 is 22.5 Å². The molecule has 2 amide bonds. The molecule has 1 N–H and O–H groups in total. The van der Waals surface area contributed by atoms with E-state index in [4.69, 9.17) is 0 Å². The van der Waals surface area contributed by atoms with Crippen molar-refractivity contribution in [3.8, 4) is 0 Å². The molecular weight excluding hydrogens is 360 g/mol. The molecule has 7 nitrogen and oxygen atoms in total. The van der Waals surface area contributed by atoms with E-state index in [9.17, 15) is 28.5 Å². The molecule has 0 spiro atoms. The van der Waals surface area contributed by atoms with Crippen LogP contribution in [0.2, 0.25) is 0 Å². The second-order valence-electron chi connectivity index (χ2n) is 5.77. The fourth-order valence-corrected chi connectivity index (χ4v) is 2.41. The third-order valence-electron chi connectivity index (χ3n) is 3.82. The average Bonchev–Trinajstić information content (AvgIpc) is 2.61. The Hall–Kier alpha value is -3.36. The molecule has 0 aliphatic rings. The van der Waals surface area contributed by atoms with Crippen LogP contribution in [-0.2, 0) is 11.3 Å². The van der Waals surface area contributed by atoms with Crippen molar-refractivity contribution in [2.24, 2.45) is 0 Å². The van der Waals surface area contributed by atoms with Gasteiger partial charge in [0.15, 0.2) is 0 Å². The maximum atomic E-state index is 13.5. The summed E-state index contributed by atoms with van der Waals surface area (Å²) < 4.78 is 26.4. The molecule has 0 bridgehead atoms. The second-order valence-corrected chi connectivity index (χ2v) is 5.77. The molecule has 9 heteroatoms. The number of amides is 2. The summed E-state index contributed by atoms with van der Waals surface area (Å²) in [7, 11) is 1.49. The van der Waals surface area contributed by atoms with E-state index in [1.54, 1.807) is 12.1 Å². The number of carbonyl (C=O) groups is 2. The lowest BCUT2D eigenvalue weighted by atomic mass is 10.1. The highest BCUT2D eigenvalue weighted by Crippen LogP contribution is 2.19. The van der Waals surface area contributed by atoms with Gasteiger partial charge in [-0.05, 0) is 12.1 Å². The minimum atomic E-state index is -0.993. The van der Waals surface area contributed by atoms with Gasteiger partial charge in [0.1, 0.15) is 11.6 Å². The highest BCUT2D eigenvalue weighted by atomic mass is 19.1. The van der Waals surface area contributed by atoms with Crippen LogP contribution in [0, 0.1) is 21.7 Å². The van der Waals surface area contributed by atoms with Gasteiger partial charge in [-0.1, -0.05) is 18.2 Å².